The summed E-state index contributed by atoms with van der Waals surface area (Å²) in [5, 5.41) is 0. The van der Waals surface area contributed by atoms with E-state index in [1.54, 1.807) is 0 Å². The zero-order chi connectivity index (χ0) is 29.2. The van der Waals surface area contributed by atoms with Gasteiger partial charge in [-0.3, -0.25) is 4.79 Å². The summed E-state index contributed by atoms with van der Waals surface area (Å²) >= 11 is 0. The van der Waals surface area contributed by atoms with Crippen molar-refractivity contribution in [2.75, 3.05) is 0 Å². The Bertz CT molecular complexity index is 1230. The molecule has 2 amide bonds. The number of benzene rings is 3. The van der Waals surface area contributed by atoms with E-state index in [1.807, 2.05) is 106 Å². The maximum absolute atomic E-state index is 13.1. The number of ether oxygens (including phenoxy) is 3. The molecule has 2 atom stereocenters. The Kier molecular flexibility index (Phi) is 10.2. The predicted molar refractivity (Wildman–Crippen MR) is 156 cm³/mol. The number of hydrogen-bond acceptors (Lipinski definition) is 6. The van der Waals surface area contributed by atoms with Crippen molar-refractivity contribution in [2.45, 2.75) is 77.7 Å². The average molecular weight is 558 g/mol. The van der Waals surface area contributed by atoms with Crippen LogP contribution in [0.2, 0.25) is 0 Å². The van der Waals surface area contributed by atoms with Crippen LogP contribution in [0.25, 0.3) is 0 Å². The predicted octanol–water partition coefficient (Wildman–Crippen LogP) is 7.78. The summed E-state index contributed by atoms with van der Waals surface area (Å²) < 4.78 is 16.7. The van der Waals surface area contributed by atoms with Gasteiger partial charge in [0.05, 0.1) is 12.5 Å². The molecule has 3 aromatic rings. The number of carbonyl (C=O) groups excluding carboxylic acids is 3. The van der Waals surface area contributed by atoms with Crippen LogP contribution in [0, 0.1) is 5.92 Å². The molecule has 216 valence electrons. The highest BCUT2D eigenvalue weighted by molar-refractivity contribution is 5.87. The van der Waals surface area contributed by atoms with Crippen LogP contribution in [-0.2, 0) is 38.8 Å². The van der Waals surface area contributed by atoms with Crippen molar-refractivity contribution in [1.82, 2.24) is 4.90 Å². The molecular formula is C34H39NO6. The van der Waals surface area contributed by atoms with Gasteiger partial charge >= 0.3 is 18.2 Å². The quantitative estimate of drug-likeness (QED) is 0.208. The van der Waals surface area contributed by atoms with Gasteiger partial charge in [0, 0.05) is 0 Å². The molecule has 0 unspecified atom stereocenters. The summed E-state index contributed by atoms with van der Waals surface area (Å²) in [4.78, 5) is 40.1. The van der Waals surface area contributed by atoms with Crippen molar-refractivity contribution in [3.8, 4) is 0 Å². The third-order valence-corrected chi connectivity index (χ3v) is 7.08. The molecule has 0 radical (unpaired) electrons. The second-order valence-corrected chi connectivity index (χ2v) is 11.4. The number of rotatable bonds is 8. The van der Waals surface area contributed by atoms with Gasteiger partial charge in [0.15, 0.2) is 0 Å². The Balaban J connectivity index is 1.46. The van der Waals surface area contributed by atoms with E-state index in [9.17, 15) is 14.4 Å². The van der Waals surface area contributed by atoms with E-state index in [2.05, 4.69) is 0 Å². The van der Waals surface area contributed by atoms with Crippen molar-refractivity contribution in [2.24, 2.45) is 5.92 Å². The second kappa shape index (κ2) is 14.0. The number of imide groups is 1. The summed E-state index contributed by atoms with van der Waals surface area (Å²) in [6.07, 6.45) is 2.20. The molecule has 0 bridgehead atoms. The topological polar surface area (TPSA) is 82.1 Å². The molecule has 1 saturated carbocycles. The first-order chi connectivity index (χ1) is 19.7. The fraction of sp³-hybridized carbons (Fsp3) is 0.382. The molecule has 4 rings (SSSR count). The molecule has 0 saturated heterocycles. The first kappa shape index (κ1) is 29.8. The summed E-state index contributed by atoms with van der Waals surface area (Å²) in [6, 6.07) is 26.3. The number of amides is 2. The van der Waals surface area contributed by atoms with Gasteiger partial charge in [-0.2, -0.15) is 0 Å². The van der Waals surface area contributed by atoms with Gasteiger partial charge in [-0.05, 0) is 61.8 Å². The first-order valence-corrected chi connectivity index (χ1v) is 14.2. The first-order valence-electron chi connectivity index (χ1n) is 14.2. The third kappa shape index (κ3) is 8.93. The van der Waals surface area contributed by atoms with Gasteiger partial charge in [0.1, 0.15) is 18.8 Å². The van der Waals surface area contributed by atoms with Gasteiger partial charge < -0.3 is 14.2 Å². The summed E-state index contributed by atoms with van der Waals surface area (Å²) in [5.41, 5.74) is 2.89. The van der Waals surface area contributed by atoms with Crippen LogP contribution in [-0.4, -0.2) is 28.7 Å². The zero-order valence-corrected chi connectivity index (χ0v) is 24.1. The maximum atomic E-state index is 13.1. The minimum absolute atomic E-state index is 0.0122. The lowest BCUT2D eigenvalue weighted by Gasteiger charge is -2.32. The molecule has 3 aromatic carbocycles. The molecule has 7 heteroatoms. The highest BCUT2D eigenvalue weighted by Gasteiger charge is 2.35. The maximum Gasteiger partial charge on any atom is 0.419 e. The van der Waals surface area contributed by atoms with Gasteiger partial charge in [-0.15, -0.1) is 0 Å². The van der Waals surface area contributed by atoms with E-state index in [-0.39, 0.29) is 37.6 Å². The fourth-order valence-electron chi connectivity index (χ4n) is 5.04. The van der Waals surface area contributed by atoms with E-state index < -0.39 is 17.8 Å². The Labute approximate surface area is 242 Å². The Morgan fingerprint density at radius 1 is 0.707 bits per heavy atom. The third-order valence-electron chi connectivity index (χ3n) is 7.08. The average Bonchev–Trinajstić information content (AvgIpc) is 2.98. The lowest BCUT2D eigenvalue weighted by molar-refractivity contribution is -0.161. The van der Waals surface area contributed by atoms with Gasteiger partial charge in [0.2, 0.25) is 0 Å². The van der Waals surface area contributed by atoms with Crippen molar-refractivity contribution in [1.29, 1.82) is 0 Å². The lowest BCUT2D eigenvalue weighted by Crippen LogP contribution is -2.37. The number of nitrogens with zero attached hydrogens (tertiary/aromatic N) is 1. The molecule has 0 aromatic heterocycles. The normalized spacial score (nSPS) is 16.9. The van der Waals surface area contributed by atoms with E-state index >= 15 is 0 Å². The van der Waals surface area contributed by atoms with Gasteiger partial charge in [-0.1, -0.05) is 97.8 Å². The molecule has 0 heterocycles. The SMILES string of the molecule is CC(C)(C)OC(=O)[C@@H]1CCCC[C@H]1c1ccc(CN(C(=O)OCc2ccccc2)C(=O)OCc2ccccc2)cc1. The van der Waals surface area contributed by atoms with Gasteiger partial charge in [0.25, 0.3) is 0 Å². The highest BCUT2D eigenvalue weighted by Crippen LogP contribution is 2.39. The van der Waals surface area contributed by atoms with Crippen LogP contribution in [0.3, 0.4) is 0 Å². The molecule has 0 spiro atoms. The summed E-state index contributed by atoms with van der Waals surface area (Å²) in [6.45, 7) is 5.72. The molecule has 7 nitrogen and oxygen atoms in total. The molecule has 1 aliphatic rings. The van der Waals surface area contributed by atoms with Crippen molar-refractivity contribution in [3.05, 3.63) is 107 Å². The Morgan fingerprint density at radius 2 is 1.22 bits per heavy atom. The highest BCUT2D eigenvalue weighted by atomic mass is 16.6. The standard InChI is InChI=1S/C34H39NO6/c1-34(2,3)41-31(36)30-17-11-10-16-29(30)28-20-18-25(19-21-28)22-35(32(37)39-23-26-12-6-4-7-13-26)33(38)40-24-27-14-8-5-9-15-27/h4-9,12-15,18-21,29-30H,10-11,16-17,22-24H2,1-3H3/t29-,30+/m0/s1. The lowest BCUT2D eigenvalue weighted by atomic mass is 9.75. The fourth-order valence-corrected chi connectivity index (χ4v) is 5.04. The van der Waals surface area contributed by atoms with Crippen molar-refractivity contribution >= 4 is 18.2 Å². The van der Waals surface area contributed by atoms with E-state index in [1.165, 1.54) is 0 Å². The summed E-state index contributed by atoms with van der Waals surface area (Å²) in [5.74, 6) is -0.276. The smallest absolute Gasteiger partial charge is 0.419 e. The number of hydrogen-bond donors (Lipinski definition) is 0. The molecular weight excluding hydrogens is 518 g/mol. The minimum Gasteiger partial charge on any atom is -0.460 e. The monoisotopic (exact) mass is 557 g/mol. The second-order valence-electron chi connectivity index (χ2n) is 11.4. The molecule has 1 fully saturated rings. The minimum atomic E-state index is -0.784. The number of esters is 1. The molecule has 0 aliphatic heterocycles. The molecule has 1 aliphatic carbocycles. The largest absolute Gasteiger partial charge is 0.460 e. The molecule has 0 N–H and O–H groups in total. The Morgan fingerprint density at radius 3 is 1.73 bits per heavy atom. The van der Waals surface area contributed by atoms with Crippen LogP contribution in [0.5, 0.6) is 0 Å². The van der Waals surface area contributed by atoms with Crippen LogP contribution >= 0.6 is 0 Å². The zero-order valence-electron chi connectivity index (χ0n) is 24.1. The van der Waals surface area contributed by atoms with Crippen LogP contribution in [0.15, 0.2) is 84.9 Å². The number of carbonyl (C=O) groups is 3. The van der Waals surface area contributed by atoms with E-state index in [0.717, 1.165) is 52.8 Å². The van der Waals surface area contributed by atoms with E-state index in [0.29, 0.717) is 0 Å². The van der Waals surface area contributed by atoms with E-state index in [4.69, 9.17) is 14.2 Å². The van der Waals surface area contributed by atoms with Crippen LogP contribution < -0.4 is 0 Å². The van der Waals surface area contributed by atoms with Crippen LogP contribution in [0.4, 0.5) is 9.59 Å². The molecule has 41 heavy (non-hydrogen) atoms. The Hall–Kier alpha value is -4.13. The summed E-state index contributed by atoms with van der Waals surface area (Å²) in [7, 11) is 0. The van der Waals surface area contributed by atoms with Crippen LogP contribution in [0.1, 0.15) is 74.6 Å². The van der Waals surface area contributed by atoms with Crippen molar-refractivity contribution in [3.63, 3.8) is 0 Å². The van der Waals surface area contributed by atoms with Crippen molar-refractivity contribution < 1.29 is 28.6 Å². The van der Waals surface area contributed by atoms with Gasteiger partial charge in [-0.25, -0.2) is 14.5 Å².